The first kappa shape index (κ1) is 13.2. The van der Waals surface area contributed by atoms with Gasteiger partial charge < -0.3 is 5.32 Å². The molecule has 1 aromatic rings. The van der Waals surface area contributed by atoms with Crippen LogP contribution in [0, 0.1) is 0 Å². The lowest BCUT2D eigenvalue weighted by atomic mass is 10.0. The third kappa shape index (κ3) is 2.01. The van der Waals surface area contributed by atoms with Gasteiger partial charge in [-0.15, -0.1) is 0 Å². The first-order valence-corrected chi connectivity index (χ1v) is 6.84. The van der Waals surface area contributed by atoms with Crippen molar-refractivity contribution in [3.8, 4) is 0 Å². The molecule has 1 aliphatic carbocycles. The Morgan fingerprint density at radius 2 is 2.15 bits per heavy atom. The lowest BCUT2D eigenvalue weighted by Gasteiger charge is -2.24. The number of nitrogens with one attached hydrogen (secondary N) is 1. The molecule has 0 aromatic heterocycles. The van der Waals surface area contributed by atoms with Gasteiger partial charge >= 0.3 is 5.37 Å². The van der Waals surface area contributed by atoms with E-state index in [2.05, 4.69) is 5.32 Å². The maximum atomic E-state index is 12.3. The van der Waals surface area contributed by atoms with Crippen LogP contribution in [-0.2, 0) is 4.79 Å². The van der Waals surface area contributed by atoms with Crippen LogP contribution in [0.15, 0.2) is 41.6 Å². The molecule has 0 atom stereocenters. The molecule has 0 unspecified atom stereocenters. The first-order valence-electron chi connectivity index (χ1n) is 6.08. The third-order valence-electron chi connectivity index (χ3n) is 3.30. The number of benzene rings is 1. The summed E-state index contributed by atoms with van der Waals surface area (Å²) in [7, 11) is 0. The molecule has 1 N–H and O–H groups in total. The number of halogens is 2. The minimum absolute atomic E-state index is 0.228. The molecule has 3 rings (SSSR count). The molecule has 1 aliphatic heterocycles. The van der Waals surface area contributed by atoms with E-state index in [1.54, 1.807) is 24.3 Å². The summed E-state index contributed by atoms with van der Waals surface area (Å²) in [4.78, 5) is 25.4. The van der Waals surface area contributed by atoms with Crippen molar-refractivity contribution in [1.29, 1.82) is 0 Å². The predicted octanol–water partition coefficient (Wildman–Crippen LogP) is 4.06. The number of allylic oxidation sites excluding steroid dienone is 2. The van der Waals surface area contributed by atoms with Crippen LogP contribution >= 0.6 is 23.2 Å². The fraction of sp³-hybridized carbons (Fsp3) is 0.143. The minimum atomic E-state index is -0.699. The smallest absolute Gasteiger partial charge is 0.320 e. The summed E-state index contributed by atoms with van der Waals surface area (Å²) in [6.45, 7) is 0. The van der Waals surface area contributed by atoms with E-state index in [1.807, 2.05) is 6.08 Å². The second-order valence-corrected chi connectivity index (χ2v) is 5.21. The normalized spacial score (nSPS) is 17.3. The average molecular weight is 309 g/mol. The number of nitrogens with zero attached hydrogens (tertiary/aromatic N) is 1. The summed E-state index contributed by atoms with van der Waals surface area (Å²) in [6, 6.07) is 5.05. The largest absolute Gasteiger partial charge is 0.325 e. The fourth-order valence-corrected chi connectivity index (χ4v) is 2.87. The van der Waals surface area contributed by atoms with Crippen molar-refractivity contribution in [3.05, 3.63) is 46.6 Å². The first-order chi connectivity index (χ1) is 9.59. The summed E-state index contributed by atoms with van der Waals surface area (Å²) >= 11 is 11.9. The number of carbonyl (C=O) groups excluding carboxylic acids is 2. The molecule has 2 amide bonds. The van der Waals surface area contributed by atoms with Gasteiger partial charge in [-0.25, -0.2) is 0 Å². The Labute approximate surface area is 125 Å². The van der Waals surface area contributed by atoms with Crippen LogP contribution in [0.2, 0.25) is 5.02 Å². The van der Waals surface area contributed by atoms with Gasteiger partial charge in [0.1, 0.15) is 0 Å². The van der Waals surface area contributed by atoms with Crippen molar-refractivity contribution in [2.75, 3.05) is 10.2 Å². The molecular formula is C14H10Cl2N2O2. The van der Waals surface area contributed by atoms with E-state index in [1.165, 1.54) is 4.90 Å². The van der Waals surface area contributed by atoms with Crippen molar-refractivity contribution < 1.29 is 9.59 Å². The summed E-state index contributed by atoms with van der Waals surface area (Å²) < 4.78 is 0. The Kier molecular flexibility index (Phi) is 3.28. The van der Waals surface area contributed by atoms with Crippen molar-refractivity contribution in [3.63, 3.8) is 0 Å². The number of hydrogen-bond acceptors (Lipinski definition) is 2. The maximum absolute atomic E-state index is 12.3. The van der Waals surface area contributed by atoms with E-state index in [9.17, 15) is 9.59 Å². The molecule has 0 saturated heterocycles. The van der Waals surface area contributed by atoms with Gasteiger partial charge in [0.2, 0.25) is 0 Å². The highest BCUT2D eigenvalue weighted by atomic mass is 35.5. The van der Waals surface area contributed by atoms with Crippen LogP contribution in [0.25, 0.3) is 0 Å². The number of amides is 2. The van der Waals surface area contributed by atoms with Gasteiger partial charge in [-0.2, -0.15) is 0 Å². The van der Waals surface area contributed by atoms with Crippen LogP contribution in [0.5, 0.6) is 0 Å². The van der Waals surface area contributed by atoms with Crippen LogP contribution in [-0.4, -0.2) is 11.3 Å². The molecule has 20 heavy (non-hydrogen) atoms. The average Bonchev–Trinajstić information content (AvgIpc) is 2.54. The van der Waals surface area contributed by atoms with Gasteiger partial charge in [0.15, 0.2) is 0 Å². The summed E-state index contributed by atoms with van der Waals surface area (Å²) in [6.07, 6.45) is 4.95. The van der Waals surface area contributed by atoms with Gasteiger partial charge in [-0.05, 0) is 42.7 Å². The summed E-state index contributed by atoms with van der Waals surface area (Å²) in [5.41, 5.74) is 1.90. The lowest BCUT2D eigenvalue weighted by Crippen LogP contribution is -2.26. The van der Waals surface area contributed by atoms with Gasteiger partial charge in [0.05, 0.1) is 22.1 Å². The lowest BCUT2D eigenvalue weighted by molar-refractivity contribution is -0.113. The molecule has 0 bridgehead atoms. The number of carbonyl (C=O) groups is 2. The maximum Gasteiger partial charge on any atom is 0.325 e. The quantitative estimate of drug-likeness (QED) is 0.580. The SMILES string of the molecule is O=C1Nc2cccc(Cl)c2N(C(=O)Cl)C2=C1CCC=C2. The van der Waals surface area contributed by atoms with E-state index in [0.29, 0.717) is 34.1 Å². The van der Waals surface area contributed by atoms with E-state index in [4.69, 9.17) is 23.2 Å². The molecule has 4 nitrogen and oxygen atoms in total. The van der Waals surface area contributed by atoms with E-state index < -0.39 is 5.37 Å². The van der Waals surface area contributed by atoms with Gasteiger partial charge in [0.25, 0.3) is 5.91 Å². The van der Waals surface area contributed by atoms with Crippen LogP contribution in [0.4, 0.5) is 16.2 Å². The fourth-order valence-electron chi connectivity index (χ4n) is 2.43. The van der Waals surface area contributed by atoms with Crippen LogP contribution in [0.3, 0.4) is 0 Å². The Bertz CT molecular complexity index is 680. The molecule has 0 fully saturated rings. The number of anilines is 2. The van der Waals surface area contributed by atoms with E-state index >= 15 is 0 Å². The standard InChI is InChI=1S/C14H10Cl2N2O2/c15-9-5-3-6-10-12(9)18(14(16)20)11-7-2-1-4-8(11)13(19)17-10/h2-3,5-7H,1,4H2,(H,17,19). The highest BCUT2D eigenvalue weighted by Gasteiger charge is 2.31. The van der Waals surface area contributed by atoms with Crippen molar-refractivity contribution in [2.24, 2.45) is 0 Å². The minimum Gasteiger partial charge on any atom is -0.320 e. The number of para-hydroxylation sites is 1. The van der Waals surface area contributed by atoms with E-state index in [-0.39, 0.29) is 5.91 Å². The zero-order valence-electron chi connectivity index (χ0n) is 10.3. The van der Waals surface area contributed by atoms with Crippen LogP contribution in [0.1, 0.15) is 12.8 Å². The molecule has 2 aliphatic rings. The van der Waals surface area contributed by atoms with Gasteiger partial charge in [-0.1, -0.05) is 23.7 Å². The number of rotatable bonds is 0. The van der Waals surface area contributed by atoms with Gasteiger partial charge in [0, 0.05) is 5.57 Å². The van der Waals surface area contributed by atoms with E-state index in [0.717, 1.165) is 6.42 Å². The highest BCUT2D eigenvalue weighted by Crippen LogP contribution is 2.41. The Morgan fingerprint density at radius 1 is 1.35 bits per heavy atom. The third-order valence-corrected chi connectivity index (χ3v) is 3.77. The number of fused-ring (bicyclic) bond motifs is 1. The number of hydrogen-bond donors (Lipinski definition) is 1. The molecule has 6 heteroatoms. The second-order valence-electron chi connectivity index (χ2n) is 4.48. The molecule has 0 saturated carbocycles. The molecule has 0 radical (unpaired) electrons. The summed E-state index contributed by atoms with van der Waals surface area (Å²) in [5.74, 6) is -0.228. The zero-order chi connectivity index (χ0) is 14.3. The second kappa shape index (κ2) is 4.96. The predicted molar refractivity (Wildman–Crippen MR) is 79.2 cm³/mol. The molecule has 1 aromatic carbocycles. The van der Waals surface area contributed by atoms with Crippen molar-refractivity contribution in [2.45, 2.75) is 12.8 Å². The molecule has 1 heterocycles. The molecule has 0 spiro atoms. The van der Waals surface area contributed by atoms with Crippen LogP contribution < -0.4 is 10.2 Å². The highest BCUT2D eigenvalue weighted by molar-refractivity contribution is 6.67. The Balaban J connectivity index is 2.30. The monoisotopic (exact) mass is 308 g/mol. The summed E-state index contributed by atoms with van der Waals surface area (Å²) in [5, 5.41) is 2.43. The van der Waals surface area contributed by atoms with Crippen molar-refractivity contribution in [1.82, 2.24) is 0 Å². The zero-order valence-corrected chi connectivity index (χ0v) is 11.8. The Morgan fingerprint density at radius 3 is 2.90 bits per heavy atom. The van der Waals surface area contributed by atoms with Gasteiger partial charge in [-0.3, -0.25) is 14.5 Å². The topological polar surface area (TPSA) is 49.4 Å². The van der Waals surface area contributed by atoms with Crippen molar-refractivity contribution >= 4 is 45.9 Å². The molecule has 102 valence electrons. The Hall–Kier alpha value is -1.78. The molecular weight excluding hydrogens is 299 g/mol.